The van der Waals surface area contributed by atoms with Gasteiger partial charge in [0.1, 0.15) is 6.61 Å². The molecular formula is C25H37N3O3. The highest BCUT2D eigenvalue weighted by atomic mass is 16.5. The average Bonchev–Trinajstić information content (AvgIpc) is 2.78. The van der Waals surface area contributed by atoms with Crippen molar-refractivity contribution in [1.29, 1.82) is 0 Å². The number of benzene rings is 1. The Morgan fingerprint density at radius 3 is 2.58 bits per heavy atom. The number of carbonyl (C=O) groups is 1. The van der Waals surface area contributed by atoms with E-state index in [4.69, 9.17) is 9.47 Å². The number of methoxy groups -OCH3 is 1. The summed E-state index contributed by atoms with van der Waals surface area (Å²) in [6, 6.07) is 6.94. The van der Waals surface area contributed by atoms with Crippen molar-refractivity contribution >= 4 is 12.0 Å². The lowest BCUT2D eigenvalue weighted by atomic mass is 9.92. The highest BCUT2D eigenvalue weighted by molar-refractivity contribution is 5.79. The molecule has 1 N–H and O–H groups in total. The lowest BCUT2D eigenvalue weighted by Gasteiger charge is -2.42. The summed E-state index contributed by atoms with van der Waals surface area (Å²) < 4.78 is 11.4. The smallest absolute Gasteiger partial charge is 0.223 e. The number of hydrogen-bond donors (Lipinski definition) is 1. The molecule has 0 atom stereocenters. The van der Waals surface area contributed by atoms with Crippen LogP contribution in [0.5, 0.6) is 11.5 Å². The first-order chi connectivity index (χ1) is 15.0. The standard InChI is InChI=1S/C25H37N3O3/c1-18(2)26-25(29)20-7-13-28(14-8-20)22-9-11-27(12-10-22)16-19-15-21-5-4-6-23(30-3)24(21)31-17-19/h4-6,15,18,20,22H,7-14,16-17H2,1-3H3,(H,26,29). The third kappa shape index (κ3) is 5.42. The van der Waals surface area contributed by atoms with Gasteiger partial charge < -0.3 is 19.7 Å². The van der Waals surface area contributed by atoms with Crippen LogP contribution in [0.2, 0.25) is 0 Å². The number of para-hydroxylation sites is 1. The number of amides is 1. The molecular weight excluding hydrogens is 390 g/mol. The van der Waals surface area contributed by atoms with Gasteiger partial charge in [-0.25, -0.2) is 0 Å². The average molecular weight is 428 g/mol. The molecule has 0 saturated carbocycles. The number of hydrogen-bond acceptors (Lipinski definition) is 5. The fourth-order valence-electron chi connectivity index (χ4n) is 5.14. The zero-order valence-electron chi connectivity index (χ0n) is 19.2. The second-order valence-corrected chi connectivity index (χ2v) is 9.45. The van der Waals surface area contributed by atoms with E-state index in [9.17, 15) is 4.79 Å². The van der Waals surface area contributed by atoms with Crippen LogP contribution in [0.4, 0.5) is 0 Å². The van der Waals surface area contributed by atoms with Gasteiger partial charge >= 0.3 is 0 Å². The van der Waals surface area contributed by atoms with Crippen molar-refractivity contribution in [2.75, 3.05) is 46.4 Å². The van der Waals surface area contributed by atoms with Crippen LogP contribution in [0, 0.1) is 5.92 Å². The normalized spacial score (nSPS) is 21.4. The number of fused-ring (bicyclic) bond motifs is 1. The number of nitrogens with zero attached hydrogens (tertiary/aromatic N) is 2. The van der Waals surface area contributed by atoms with Gasteiger partial charge in [-0.2, -0.15) is 0 Å². The predicted molar refractivity (Wildman–Crippen MR) is 124 cm³/mol. The second-order valence-electron chi connectivity index (χ2n) is 9.45. The summed E-state index contributed by atoms with van der Waals surface area (Å²) in [5, 5.41) is 3.08. The molecule has 1 aromatic rings. The van der Waals surface area contributed by atoms with Crippen molar-refractivity contribution in [2.45, 2.75) is 51.6 Å². The second kappa shape index (κ2) is 10.0. The fraction of sp³-hybridized carbons (Fsp3) is 0.640. The Hall–Kier alpha value is -2.05. The maximum atomic E-state index is 12.3. The molecule has 0 unspecified atom stereocenters. The minimum absolute atomic E-state index is 0.193. The van der Waals surface area contributed by atoms with E-state index in [1.807, 2.05) is 26.0 Å². The van der Waals surface area contributed by atoms with E-state index >= 15 is 0 Å². The van der Waals surface area contributed by atoms with Gasteiger partial charge in [-0.15, -0.1) is 0 Å². The first kappa shape index (κ1) is 22.2. The van der Waals surface area contributed by atoms with Crippen molar-refractivity contribution in [3.8, 4) is 11.5 Å². The Morgan fingerprint density at radius 2 is 1.90 bits per heavy atom. The zero-order valence-corrected chi connectivity index (χ0v) is 19.2. The molecule has 0 aliphatic carbocycles. The molecule has 3 aliphatic rings. The number of nitrogens with one attached hydrogen (secondary N) is 1. The van der Waals surface area contributed by atoms with Gasteiger partial charge in [0.2, 0.25) is 5.91 Å². The molecule has 0 bridgehead atoms. The lowest BCUT2D eigenvalue weighted by Crippen LogP contribution is -2.49. The van der Waals surface area contributed by atoms with Crippen LogP contribution >= 0.6 is 0 Å². The van der Waals surface area contributed by atoms with Gasteiger partial charge in [0.05, 0.1) is 7.11 Å². The van der Waals surface area contributed by atoms with Crippen LogP contribution in [0.15, 0.2) is 23.8 Å². The third-order valence-electron chi connectivity index (χ3n) is 6.82. The van der Waals surface area contributed by atoms with Gasteiger partial charge in [0.25, 0.3) is 0 Å². The van der Waals surface area contributed by atoms with Gasteiger partial charge in [-0.1, -0.05) is 12.1 Å². The quantitative estimate of drug-likeness (QED) is 0.756. The zero-order chi connectivity index (χ0) is 21.8. The van der Waals surface area contributed by atoms with E-state index in [1.165, 1.54) is 18.4 Å². The van der Waals surface area contributed by atoms with Gasteiger partial charge in [-0.3, -0.25) is 9.69 Å². The Balaban J connectivity index is 1.24. The molecule has 1 amide bonds. The number of ether oxygens (including phenoxy) is 2. The molecule has 3 heterocycles. The Kier molecular flexibility index (Phi) is 7.18. The van der Waals surface area contributed by atoms with E-state index in [2.05, 4.69) is 27.3 Å². The Bertz CT molecular complexity index is 791. The highest BCUT2D eigenvalue weighted by Crippen LogP contribution is 2.35. The van der Waals surface area contributed by atoms with Crippen molar-refractivity contribution < 1.29 is 14.3 Å². The van der Waals surface area contributed by atoms with E-state index < -0.39 is 0 Å². The lowest BCUT2D eigenvalue weighted by molar-refractivity contribution is -0.127. The minimum atomic E-state index is 0.193. The van der Waals surface area contributed by atoms with Crippen LogP contribution < -0.4 is 14.8 Å². The molecule has 31 heavy (non-hydrogen) atoms. The van der Waals surface area contributed by atoms with E-state index in [0.29, 0.717) is 12.6 Å². The molecule has 6 heteroatoms. The van der Waals surface area contributed by atoms with E-state index in [1.54, 1.807) is 7.11 Å². The van der Waals surface area contributed by atoms with Crippen LogP contribution in [0.1, 0.15) is 45.1 Å². The van der Waals surface area contributed by atoms with Gasteiger partial charge in [0.15, 0.2) is 11.5 Å². The van der Waals surface area contributed by atoms with E-state index in [0.717, 1.165) is 62.6 Å². The molecule has 0 spiro atoms. The largest absolute Gasteiger partial charge is 0.493 e. The third-order valence-corrected chi connectivity index (χ3v) is 6.82. The molecule has 4 rings (SSSR count). The van der Waals surface area contributed by atoms with Crippen molar-refractivity contribution in [2.24, 2.45) is 5.92 Å². The summed E-state index contributed by atoms with van der Waals surface area (Å²) in [6.07, 6.45) is 6.67. The fourth-order valence-corrected chi connectivity index (χ4v) is 5.14. The number of carbonyl (C=O) groups excluding carboxylic acids is 1. The monoisotopic (exact) mass is 427 g/mol. The Morgan fingerprint density at radius 1 is 1.16 bits per heavy atom. The summed E-state index contributed by atoms with van der Waals surface area (Å²) in [5.41, 5.74) is 2.44. The number of piperidine rings is 2. The van der Waals surface area contributed by atoms with Gasteiger partial charge in [0, 0.05) is 30.1 Å². The Labute approximate surface area is 186 Å². The highest BCUT2D eigenvalue weighted by Gasteiger charge is 2.31. The van der Waals surface area contributed by atoms with Crippen LogP contribution in [-0.4, -0.2) is 74.2 Å². The maximum Gasteiger partial charge on any atom is 0.223 e. The van der Waals surface area contributed by atoms with E-state index in [-0.39, 0.29) is 17.9 Å². The maximum absolute atomic E-state index is 12.3. The minimum Gasteiger partial charge on any atom is -0.493 e. The molecule has 3 aliphatic heterocycles. The number of likely N-dealkylation sites (tertiary alicyclic amines) is 2. The topological polar surface area (TPSA) is 54.0 Å². The predicted octanol–water partition coefficient (Wildman–Crippen LogP) is 3.17. The van der Waals surface area contributed by atoms with Crippen LogP contribution in [-0.2, 0) is 4.79 Å². The molecule has 170 valence electrons. The molecule has 1 aromatic carbocycles. The van der Waals surface area contributed by atoms with Crippen LogP contribution in [0.3, 0.4) is 0 Å². The molecule has 2 fully saturated rings. The summed E-state index contributed by atoms with van der Waals surface area (Å²) in [7, 11) is 1.69. The first-order valence-corrected chi connectivity index (χ1v) is 11.8. The molecule has 0 aromatic heterocycles. The van der Waals surface area contributed by atoms with Crippen LogP contribution in [0.25, 0.3) is 6.08 Å². The van der Waals surface area contributed by atoms with Crippen molar-refractivity contribution in [3.05, 3.63) is 29.3 Å². The van der Waals surface area contributed by atoms with Crippen molar-refractivity contribution in [3.63, 3.8) is 0 Å². The molecule has 0 radical (unpaired) electrons. The summed E-state index contributed by atoms with van der Waals surface area (Å²) in [6.45, 7) is 10.0. The molecule has 2 saturated heterocycles. The van der Waals surface area contributed by atoms with Gasteiger partial charge in [-0.05, 0) is 83.4 Å². The first-order valence-electron chi connectivity index (χ1n) is 11.8. The number of rotatable bonds is 6. The summed E-state index contributed by atoms with van der Waals surface area (Å²) >= 11 is 0. The summed E-state index contributed by atoms with van der Waals surface area (Å²) in [5.74, 6) is 2.10. The molecule has 6 nitrogen and oxygen atoms in total. The van der Waals surface area contributed by atoms with Crippen molar-refractivity contribution in [1.82, 2.24) is 15.1 Å². The SMILES string of the molecule is COc1cccc2c1OCC(CN1CCC(N3CCC(C(=O)NC(C)C)CC3)CC1)=C2. The summed E-state index contributed by atoms with van der Waals surface area (Å²) in [4.78, 5) is 17.5.